The van der Waals surface area contributed by atoms with Crippen LogP contribution in [0.25, 0.3) is 0 Å². The highest BCUT2D eigenvalue weighted by Gasteiger charge is 2.14. The van der Waals surface area contributed by atoms with Crippen molar-refractivity contribution in [3.8, 4) is 6.07 Å². The molecule has 1 fully saturated rings. The van der Waals surface area contributed by atoms with Gasteiger partial charge in [0.25, 0.3) is 0 Å². The van der Waals surface area contributed by atoms with Crippen LogP contribution in [-0.4, -0.2) is 10.9 Å². The van der Waals surface area contributed by atoms with Crippen LogP contribution >= 0.6 is 11.8 Å². The molecule has 2 nitrogen and oxygen atoms in total. The second-order valence-electron chi connectivity index (χ2n) is 3.84. The molecule has 3 heteroatoms. The largest absolute Gasteiger partial charge is 0.387 e. The lowest BCUT2D eigenvalue weighted by atomic mass is 9.91. The molecule has 0 heterocycles. The highest BCUT2D eigenvalue weighted by atomic mass is 32.2. The van der Waals surface area contributed by atoms with Gasteiger partial charge in [-0.25, -0.2) is 0 Å². The molecule has 0 spiro atoms. The van der Waals surface area contributed by atoms with Gasteiger partial charge >= 0.3 is 0 Å². The van der Waals surface area contributed by atoms with Crippen LogP contribution in [0.15, 0.2) is 29.2 Å². The lowest BCUT2D eigenvalue weighted by molar-refractivity contribution is 0.183. The smallest absolute Gasteiger partial charge is 0.0920 e. The van der Waals surface area contributed by atoms with Crippen LogP contribution in [0.5, 0.6) is 0 Å². The lowest BCUT2D eigenvalue weighted by Crippen LogP contribution is -2.08. The van der Waals surface area contributed by atoms with E-state index in [9.17, 15) is 5.11 Å². The lowest BCUT2D eigenvalue weighted by Gasteiger charge is -2.21. The Morgan fingerprint density at radius 2 is 2.26 bits per heavy atom. The molecule has 1 aromatic rings. The fraction of sp³-hybridized carbons (Fsp3) is 0.562. The number of thioether (sulfide) groups is 1. The molecule has 0 radical (unpaired) electrons. The van der Waals surface area contributed by atoms with Crippen LogP contribution < -0.4 is 0 Å². The Labute approximate surface area is 135 Å². The van der Waals surface area contributed by atoms with Crippen LogP contribution in [0.3, 0.4) is 0 Å². The van der Waals surface area contributed by atoms with Crippen LogP contribution in [0.4, 0.5) is 0 Å². The fourth-order valence-electron chi connectivity index (χ4n) is 1.52. The fourth-order valence-corrected chi connectivity index (χ4v) is 2.37. The van der Waals surface area contributed by atoms with Crippen molar-refractivity contribution >= 4 is 11.8 Å². The summed E-state index contributed by atoms with van der Waals surface area (Å²) in [6.07, 6.45) is -18.6. The normalized spacial score (nSPS) is 41.4. The van der Waals surface area contributed by atoms with E-state index in [4.69, 9.17) is 20.3 Å². The van der Waals surface area contributed by atoms with Crippen molar-refractivity contribution in [1.29, 1.82) is 5.26 Å². The minimum atomic E-state index is -3.54. The number of hydrogen-bond acceptors (Lipinski definition) is 3. The zero-order valence-electron chi connectivity index (χ0n) is 21.1. The monoisotopic (exact) mass is 286 g/mol. The summed E-state index contributed by atoms with van der Waals surface area (Å²) in [5.74, 6) is -3.72. The van der Waals surface area contributed by atoms with Crippen molar-refractivity contribution in [3.63, 3.8) is 0 Å². The predicted molar refractivity (Wildman–Crippen MR) is 78.9 cm³/mol. The Morgan fingerprint density at radius 3 is 3.00 bits per heavy atom. The second kappa shape index (κ2) is 7.57. The number of nitrogens with zero attached hydrogens (tertiary/aromatic N) is 1. The van der Waals surface area contributed by atoms with E-state index in [1.54, 1.807) is 6.07 Å². The number of aliphatic hydroxyl groups excluding tert-OH is 1. The van der Waals surface area contributed by atoms with Gasteiger partial charge in [0.05, 0.1) is 18.6 Å². The van der Waals surface area contributed by atoms with E-state index in [0.29, 0.717) is 10.5 Å². The Hall–Kier alpha value is -0.980. The summed E-state index contributed by atoms with van der Waals surface area (Å²) in [6, 6.07) is 7.90. The molecule has 19 heavy (non-hydrogen) atoms. The topological polar surface area (TPSA) is 44.0 Å². The maximum atomic E-state index is 9.94. The molecule has 1 N–H and O–H groups in total. The highest BCUT2D eigenvalue weighted by Crippen LogP contribution is 2.31. The third-order valence-corrected chi connectivity index (χ3v) is 3.48. The molecule has 1 aliphatic carbocycles. The zero-order valence-corrected chi connectivity index (χ0v) is 10.9. The summed E-state index contributed by atoms with van der Waals surface area (Å²) < 4.78 is 88.7. The zero-order chi connectivity index (χ0) is 23.4. The van der Waals surface area contributed by atoms with Gasteiger partial charge in [0.15, 0.2) is 0 Å². The summed E-state index contributed by atoms with van der Waals surface area (Å²) in [7, 11) is 0. The van der Waals surface area contributed by atoms with Crippen LogP contribution in [0.2, 0.25) is 0 Å². The quantitative estimate of drug-likeness (QED) is 0.820. The molecular weight excluding hydrogens is 254 g/mol. The number of benzene rings is 1. The Bertz CT molecular complexity index is 822. The molecule has 0 amide bonds. The average Bonchev–Trinajstić information content (AvgIpc) is 2.64. The van der Waals surface area contributed by atoms with Crippen molar-refractivity contribution < 1.29 is 20.2 Å². The van der Waals surface area contributed by atoms with E-state index >= 15 is 0 Å². The summed E-state index contributed by atoms with van der Waals surface area (Å²) in [5, 5.41) is 18.6. The first kappa shape index (κ1) is 5.79. The van der Waals surface area contributed by atoms with E-state index in [1.807, 2.05) is 6.07 Å². The van der Waals surface area contributed by atoms with Gasteiger partial charge in [0.2, 0.25) is 0 Å². The first-order valence-electron chi connectivity index (χ1n) is 11.2. The summed E-state index contributed by atoms with van der Waals surface area (Å²) in [5.41, 5.74) is 0.372. The van der Waals surface area contributed by atoms with Crippen molar-refractivity contribution in [2.24, 2.45) is 5.89 Å². The van der Waals surface area contributed by atoms with E-state index in [2.05, 4.69) is 0 Å². The van der Waals surface area contributed by atoms with Crippen LogP contribution in [0, 0.1) is 17.2 Å². The van der Waals surface area contributed by atoms with Gasteiger partial charge in [-0.05, 0) is 36.3 Å². The standard InChI is InChI=1S/C16H21NOS/c17-10-9-16(18)14-7-4-8-15(11-14)19-12-13-5-2-1-3-6-13/h4,7-8,11,13,16,18H,1-3,5-6,9,12H2/i1D2,2D2,3D2,5D2,6D2,13D. The van der Waals surface area contributed by atoms with Crippen molar-refractivity contribution in [1.82, 2.24) is 0 Å². The molecule has 1 aliphatic rings. The third-order valence-electron chi connectivity index (χ3n) is 2.46. The molecule has 1 aromatic carbocycles. The molecule has 1 unspecified atom stereocenters. The summed E-state index contributed by atoms with van der Waals surface area (Å²) in [6.45, 7) is 0. The molecule has 0 bridgehead atoms. The van der Waals surface area contributed by atoms with Gasteiger partial charge in [-0.2, -0.15) is 5.26 Å². The molecule has 0 aliphatic heterocycles. The summed E-state index contributed by atoms with van der Waals surface area (Å²) >= 11 is 0.764. The number of rotatable bonds is 5. The van der Waals surface area contributed by atoms with Gasteiger partial charge in [-0.3, -0.25) is 0 Å². The SMILES string of the molecule is [2H]C1([2H])C([2H])([2H])C([2H])([2H])C([2H])(CSc2cccc(C(O)CC#N)c2)C([2H])([2H])C1([2H])[2H]. The molecular formula is C16H21NOS. The maximum absolute atomic E-state index is 9.94. The Morgan fingerprint density at radius 1 is 1.47 bits per heavy atom. The van der Waals surface area contributed by atoms with Crippen LogP contribution in [0.1, 0.15) is 65.0 Å². The molecule has 0 saturated heterocycles. The number of nitriles is 1. The van der Waals surface area contributed by atoms with Gasteiger partial charge in [0, 0.05) is 25.7 Å². The molecule has 102 valence electrons. The summed E-state index contributed by atoms with van der Waals surface area (Å²) in [4.78, 5) is 0.373. The van der Waals surface area contributed by atoms with E-state index in [0.717, 1.165) is 11.8 Å². The van der Waals surface area contributed by atoms with Crippen molar-refractivity contribution in [3.05, 3.63) is 29.8 Å². The van der Waals surface area contributed by atoms with Gasteiger partial charge in [-0.1, -0.05) is 31.3 Å². The van der Waals surface area contributed by atoms with Gasteiger partial charge in [0.1, 0.15) is 0 Å². The van der Waals surface area contributed by atoms with E-state index in [1.165, 1.54) is 18.2 Å². The molecule has 1 atom stereocenters. The minimum Gasteiger partial charge on any atom is -0.387 e. The van der Waals surface area contributed by atoms with E-state index < -0.39 is 49.6 Å². The Balaban J connectivity index is 2.47. The number of aliphatic hydroxyl groups is 1. The average molecular weight is 286 g/mol. The molecule has 2 rings (SSSR count). The molecule has 0 aromatic heterocycles. The Kier molecular flexibility index (Phi) is 2.31. The van der Waals surface area contributed by atoms with Gasteiger partial charge in [-0.15, -0.1) is 11.8 Å². The third kappa shape index (κ3) is 4.56. The van der Waals surface area contributed by atoms with Gasteiger partial charge < -0.3 is 5.11 Å². The van der Waals surface area contributed by atoms with Crippen molar-refractivity contribution in [2.45, 2.75) is 49.3 Å². The maximum Gasteiger partial charge on any atom is 0.0920 e. The second-order valence-corrected chi connectivity index (χ2v) is 4.89. The predicted octanol–water partition coefficient (Wildman–Crippen LogP) is 4.31. The van der Waals surface area contributed by atoms with Crippen LogP contribution in [-0.2, 0) is 0 Å². The number of hydrogen-bond donors (Lipinski definition) is 1. The first-order chi connectivity index (χ1) is 13.4. The van der Waals surface area contributed by atoms with E-state index in [-0.39, 0.29) is 6.42 Å². The first-order valence-corrected chi connectivity index (χ1v) is 6.69. The molecule has 1 saturated carbocycles. The van der Waals surface area contributed by atoms with Crippen molar-refractivity contribution in [2.75, 3.05) is 5.75 Å². The minimum absolute atomic E-state index is 0.170. The highest BCUT2D eigenvalue weighted by molar-refractivity contribution is 7.99.